The van der Waals surface area contributed by atoms with Crippen LogP contribution in [0.2, 0.25) is 0 Å². The van der Waals surface area contributed by atoms with Crippen molar-refractivity contribution < 1.29 is 19.4 Å². The summed E-state index contributed by atoms with van der Waals surface area (Å²) in [5, 5.41) is 14.5. The van der Waals surface area contributed by atoms with Crippen LogP contribution in [0.25, 0.3) is 0 Å². The van der Waals surface area contributed by atoms with Crippen LogP contribution in [0.5, 0.6) is 5.75 Å². The summed E-state index contributed by atoms with van der Waals surface area (Å²) in [6.45, 7) is 0.596. The summed E-state index contributed by atoms with van der Waals surface area (Å²) in [5.41, 5.74) is 2.07. The van der Waals surface area contributed by atoms with E-state index in [0.717, 1.165) is 17.7 Å². The van der Waals surface area contributed by atoms with Gasteiger partial charge in [0, 0.05) is 12.1 Å². The second kappa shape index (κ2) is 6.39. The van der Waals surface area contributed by atoms with Crippen molar-refractivity contribution in [1.82, 2.24) is 5.32 Å². The van der Waals surface area contributed by atoms with E-state index in [2.05, 4.69) is 10.6 Å². The molecule has 1 aliphatic rings. The highest BCUT2D eigenvalue weighted by atomic mass is 16.5. The third-order valence-electron chi connectivity index (χ3n) is 3.60. The summed E-state index contributed by atoms with van der Waals surface area (Å²) in [6, 6.07) is 12.3. The highest BCUT2D eigenvalue weighted by Gasteiger charge is 2.24. The molecule has 0 radical (unpaired) electrons. The molecule has 0 saturated heterocycles. The van der Waals surface area contributed by atoms with Crippen LogP contribution >= 0.6 is 0 Å². The number of amides is 2. The maximum atomic E-state index is 12.0. The lowest BCUT2D eigenvalue weighted by molar-refractivity contribution is -0.139. The Kier molecular flexibility index (Phi) is 4.14. The van der Waals surface area contributed by atoms with Crippen molar-refractivity contribution in [3.63, 3.8) is 0 Å². The monoisotopic (exact) mass is 312 g/mol. The third kappa shape index (κ3) is 3.42. The minimum atomic E-state index is -1.12. The molecule has 0 aliphatic carbocycles. The number of carboxylic acids is 1. The SMILES string of the molecule is O=C(Nc1ccccc1)NC(C(=O)O)c1ccc2c(c1)CCO2. The number of fused-ring (bicyclic) bond motifs is 1. The van der Waals surface area contributed by atoms with E-state index < -0.39 is 18.0 Å². The van der Waals surface area contributed by atoms with E-state index in [1.54, 1.807) is 42.5 Å². The number of aliphatic carboxylic acids is 1. The minimum absolute atomic E-state index is 0.518. The number of rotatable bonds is 4. The predicted molar refractivity (Wildman–Crippen MR) is 84.6 cm³/mol. The fourth-order valence-corrected chi connectivity index (χ4v) is 2.49. The first kappa shape index (κ1) is 14.9. The number of para-hydroxylation sites is 1. The molecule has 1 atom stereocenters. The Labute approximate surface area is 133 Å². The molecule has 0 bridgehead atoms. The van der Waals surface area contributed by atoms with Crippen LogP contribution < -0.4 is 15.4 Å². The topological polar surface area (TPSA) is 87.7 Å². The molecule has 1 aliphatic heterocycles. The molecule has 23 heavy (non-hydrogen) atoms. The van der Waals surface area contributed by atoms with Gasteiger partial charge in [0.2, 0.25) is 0 Å². The van der Waals surface area contributed by atoms with Crippen molar-refractivity contribution in [3.8, 4) is 5.75 Å². The summed E-state index contributed by atoms with van der Waals surface area (Å²) in [7, 11) is 0. The van der Waals surface area contributed by atoms with Crippen LogP contribution in [0.4, 0.5) is 10.5 Å². The molecule has 1 heterocycles. The van der Waals surface area contributed by atoms with E-state index in [9.17, 15) is 14.7 Å². The van der Waals surface area contributed by atoms with Gasteiger partial charge in [0.15, 0.2) is 6.04 Å². The molecular formula is C17H16N2O4. The fourth-order valence-electron chi connectivity index (χ4n) is 2.49. The second-order valence-electron chi connectivity index (χ2n) is 5.20. The van der Waals surface area contributed by atoms with Crippen molar-refractivity contribution in [1.29, 1.82) is 0 Å². The number of hydrogen-bond acceptors (Lipinski definition) is 3. The molecule has 3 rings (SSSR count). The van der Waals surface area contributed by atoms with Gasteiger partial charge in [-0.25, -0.2) is 9.59 Å². The van der Waals surface area contributed by atoms with Crippen molar-refractivity contribution in [2.45, 2.75) is 12.5 Å². The van der Waals surface area contributed by atoms with E-state index in [1.807, 2.05) is 6.07 Å². The molecule has 0 fully saturated rings. The van der Waals surface area contributed by atoms with Gasteiger partial charge >= 0.3 is 12.0 Å². The van der Waals surface area contributed by atoms with Crippen molar-refractivity contribution in [2.24, 2.45) is 0 Å². The maximum absolute atomic E-state index is 12.0. The number of ether oxygens (including phenoxy) is 1. The zero-order valence-electron chi connectivity index (χ0n) is 12.3. The molecule has 2 aromatic carbocycles. The highest BCUT2D eigenvalue weighted by molar-refractivity contribution is 5.92. The minimum Gasteiger partial charge on any atom is -0.493 e. The number of carbonyl (C=O) groups is 2. The van der Waals surface area contributed by atoms with E-state index in [0.29, 0.717) is 17.9 Å². The molecule has 6 nitrogen and oxygen atoms in total. The molecule has 2 amide bonds. The summed E-state index contributed by atoms with van der Waals surface area (Å²) >= 11 is 0. The Bertz CT molecular complexity index is 731. The van der Waals surface area contributed by atoms with Gasteiger partial charge in [0.25, 0.3) is 0 Å². The lowest BCUT2D eigenvalue weighted by Crippen LogP contribution is -2.36. The Morgan fingerprint density at radius 2 is 1.91 bits per heavy atom. The van der Waals surface area contributed by atoms with Gasteiger partial charge in [-0.2, -0.15) is 0 Å². The number of hydrogen-bond donors (Lipinski definition) is 3. The molecule has 0 spiro atoms. The zero-order chi connectivity index (χ0) is 16.2. The summed E-state index contributed by atoms with van der Waals surface area (Å²) in [6.07, 6.45) is 0.742. The van der Waals surface area contributed by atoms with Crippen LogP contribution in [0.15, 0.2) is 48.5 Å². The summed E-state index contributed by atoms with van der Waals surface area (Å²) in [4.78, 5) is 23.5. The predicted octanol–water partition coefficient (Wildman–Crippen LogP) is 2.57. The van der Waals surface area contributed by atoms with Gasteiger partial charge in [-0.05, 0) is 35.4 Å². The summed E-state index contributed by atoms with van der Waals surface area (Å²) in [5.74, 6) is -0.348. The zero-order valence-corrected chi connectivity index (χ0v) is 12.3. The first-order chi connectivity index (χ1) is 11.1. The first-order valence-electron chi connectivity index (χ1n) is 7.24. The molecule has 1 unspecified atom stereocenters. The van der Waals surface area contributed by atoms with Gasteiger partial charge in [0.1, 0.15) is 5.75 Å². The van der Waals surface area contributed by atoms with Crippen molar-refractivity contribution in [3.05, 3.63) is 59.7 Å². The van der Waals surface area contributed by atoms with E-state index >= 15 is 0 Å². The largest absolute Gasteiger partial charge is 0.493 e. The lowest BCUT2D eigenvalue weighted by Gasteiger charge is -2.16. The number of carbonyl (C=O) groups excluding carboxylic acids is 1. The first-order valence-corrected chi connectivity index (χ1v) is 7.24. The lowest BCUT2D eigenvalue weighted by atomic mass is 10.0. The van der Waals surface area contributed by atoms with Gasteiger partial charge in [-0.15, -0.1) is 0 Å². The van der Waals surface area contributed by atoms with Crippen LogP contribution in [-0.2, 0) is 11.2 Å². The van der Waals surface area contributed by atoms with Gasteiger partial charge < -0.3 is 20.5 Å². The molecule has 2 aromatic rings. The molecule has 3 N–H and O–H groups in total. The number of benzene rings is 2. The Hall–Kier alpha value is -3.02. The van der Waals surface area contributed by atoms with E-state index in [-0.39, 0.29) is 0 Å². The molecule has 118 valence electrons. The number of carboxylic acid groups (broad SMARTS) is 1. The van der Waals surface area contributed by atoms with E-state index in [4.69, 9.17) is 4.74 Å². The second-order valence-corrected chi connectivity index (χ2v) is 5.20. The standard InChI is InChI=1S/C17H16N2O4/c20-16(21)15(12-6-7-14-11(10-12)8-9-23-14)19-17(22)18-13-4-2-1-3-5-13/h1-7,10,15H,8-9H2,(H,20,21)(H2,18,19,22). The van der Waals surface area contributed by atoms with Crippen LogP contribution in [-0.4, -0.2) is 23.7 Å². The maximum Gasteiger partial charge on any atom is 0.330 e. The van der Waals surface area contributed by atoms with Gasteiger partial charge in [-0.1, -0.05) is 24.3 Å². The van der Waals surface area contributed by atoms with Gasteiger partial charge in [0.05, 0.1) is 6.61 Å². The van der Waals surface area contributed by atoms with Crippen molar-refractivity contribution in [2.75, 3.05) is 11.9 Å². The average molecular weight is 312 g/mol. The van der Waals surface area contributed by atoms with E-state index in [1.165, 1.54) is 0 Å². The molecule has 0 aromatic heterocycles. The van der Waals surface area contributed by atoms with Gasteiger partial charge in [-0.3, -0.25) is 0 Å². The molecular weight excluding hydrogens is 296 g/mol. The number of urea groups is 1. The smallest absolute Gasteiger partial charge is 0.330 e. The fraction of sp³-hybridized carbons (Fsp3) is 0.176. The highest BCUT2D eigenvalue weighted by Crippen LogP contribution is 2.28. The normalized spacial score (nSPS) is 13.6. The molecule has 6 heteroatoms. The number of nitrogens with one attached hydrogen (secondary N) is 2. The molecule has 0 saturated carbocycles. The Balaban J connectivity index is 1.74. The third-order valence-corrected chi connectivity index (χ3v) is 3.60. The Morgan fingerprint density at radius 1 is 1.13 bits per heavy atom. The summed E-state index contributed by atoms with van der Waals surface area (Å²) < 4.78 is 5.41. The quantitative estimate of drug-likeness (QED) is 0.809. The Morgan fingerprint density at radius 3 is 2.65 bits per heavy atom. The number of anilines is 1. The van der Waals surface area contributed by atoms with Crippen molar-refractivity contribution >= 4 is 17.7 Å². The van der Waals surface area contributed by atoms with Crippen LogP contribution in [0.1, 0.15) is 17.2 Å². The van der Waals surface area contributed by atoms with Crippen LogP contribution in [0.3, 0.4) is 0 Å². The van der Waals surface area contributed by atoms with Crippen LogP contribution in [0, 0.1) is 0 Å². The average Bonchev–Trinajstić information content (AvgIpc) is 3.01.